The Kier molecular flexibility index (Phi) is 5.28. The Morgan fingerprint density at radius 1 is 0.900 bits per heavy atom. The quantitative estimate of drug-likeness (QED) is 0.847. The van der Waals surface area contributed by atoms with Crippen LogP contribution in [0.15, 0.2) is 36.4 Å². The molecule has 0 radical (unpaired) electrons. The molecule has 0 aliphatic rings. The summed E-state index contributed by atoms with van der Waals surface area (Å²) in [6.45, 7) is 0. The average Bonchev–Trinajstić information content (AvgIpc) is 2.38. The molecule has 0 aliphatic carbocycles. The second kappa shape index (κ2) is 6.77. The van der Waals surface area contributed by atoms with Crippen LogP contribution in [0, 0.1) is 5.82 Å². The zero-order valence-electron chi connectivity index (χ0n) is 10.5. The molecule has 0 saturated heterocycles. The van der Waals surface area contributed by atoms with Crippen LogP contribution in [0.3, 0.4) is 0 Å². The second-order valence-corrected chi connectivity index (χ2v) is 5.87. The van der Waals surface area contributed by atoms with Gasteiger partial charge in [0.25, 0.3) is 0 Å². The Morgan fingerprint density at radius 3 is 2.30 bits per heavy atom. The number of halogens is 4. The van der Waals surface area contributed by atoms with Gasteiger partial charge < -0.3 is 5.73 Å². The minimum absolute atomic E-state index is 0.174. The third kappa shape index (κ3) is 4.10. The van der Waals surface area contributed by atoms with E-state index in [4.69, 9.17) is 40.5 Å². The van der Waals surface area contributed by atoms with Gasteiger partial charge in [0, 0.05) is 11.1 Å². The summed E-state index contributed by atoms with van der Waals surface area (Å²) < 4.78 is 13.2. The first-order valence-corrected chi connectivity index (χ1v) is 7.22. The number of benzene rings is 2. The van der Waals surface area contributed by atoms with Crippen molar-refractivity contribution in [2.45, 2.75) is 18.9 Å². The zero-order valence-corrected chi connectivity index (χ0v) is 12.8. The van der Waals surface area contributed by atoms with Crippen LogP contribution in [0.2, 0.25) is 15.1 Å². The molecule has 0 aliphatic heterocycles. The van der Waals surface area contributed by atoms with E-state index >= 15 is 0 Å². The van der Waals surface area contributed by atoms with E-state index in [9.17, 15) is 4.39 Å². The fraction of sp³-hybridized carbons (Fsp3) is 0.200. The van der Waals surface area contributed by atoms with Gasteiger partial charge in [-0.05, 0) is 54.3 Å². The molecule has 0 amide bonds. The molecule has 5 heteroatoms. The van der Waals surface area contributed by atoms with Gasteiger partial charge in [-0.3, -0.25) is 0 Å². The van der Waals surface area contributed by atoms with E-state index in [1.807, 2.05) is 6.07 Å². The molecule has 2 N–H and O–H groups in total. The standard InChI is InChI=1S/C15H13Cl3FN/c16-13-4-2-11(19)7-10(13)8-12(20)5-9-1-3-14(17)15(18)6-9/h1-4,6-7,12H,5,8,20H2. The highest BCUT2D eigenvalue weighted by Gasteiger charge is 2.10. The highest BCUT2D eigenvalue weighted by molar-refractivity contribution is 6.42. The predicted molar refractivity (Wildman–Crippen MR) is 83.3 cm³/mol. The molecule has 1 atom stereocenters. The van der Waals surface area contributed by atoms with E-state index in [1.165, 1.54) is 18.2 Å². The Labute approximate surface area is 132 Å². The van der Waals surface area contributed by atoms with Crippen molar-refractivity contribution in [2.75, 3.05) is 0 Å². The lowest BCUT2D eigenvalue weighted by Gasteiger charge is -2.13. The highest BCUT2D eigenvalue weighted by atomic mass is 35.5. The topological polar surface area (TPSA) is 26.0 Å². The van der Waals surface area contributed by atoms with Gasteiger partial charge in [-0.25, -0.2) is 4.39 Å². The second-order valence-electron chi connectivity index (χ2n) is 4.65. The Hall–Kier alpha value is -0.800. The maximum atomic E-state index is 13.2. The maximum absolute atomic E-state index is 13.2. The van der Waals surface area contributed by atoms with Crippen molar-refractivity contribution in [1.82, 2.24) is 0 Å². The van der Waals surface area contributed by atoms with Crippen molar-refractivity contribution in [2.24, 2.45) is 5.73 Å². The molecule has 0 bridgehead atoms. The van der Waals surface area contributed by atoms with Crippen molar-refractivity contribution in [3.05, 3.63) is 68.4 Å². The van der Waals surface area contributed by atoms with Gasteiger partial charge in [0.15, 0.2) is 0 Å². The number of hydrogen-bond donors (Lipinski definition) is 1. The van der Waals surface area contributed by atoms with Gasteiger partial charge in [0.05, 0.1) is 10.0 Å². The molecular weight excluding hydrogens is 320 g/mol. The molecule has 0 fully saturated rings. The van der Waals surface area contributed by atoms with Crippen LogP contribution in [0.25, 0.3) is 0 Å². The van der Waals surface area contributed by atoms with Crippen molar-refractivity contribution in [1.29, 1.82) is 0 Å². The predicted octanol–water partition coefficient (Wildman–Crippen LogP) is 4.90. The summed E-state index contributed by atoms with van der Waals surface area (Å²) in [7, 11) is 0. The molecule has 1 nitrogen and oxygen atoms in total. The molecule has 0 spiro atoms. The van der Waals surface area contributed by atoms with Gasteiger partial charge in [-0.2, -0.15) is 0 Å². The lowest BCUT2D eigenvalue weighted by atomic mass is 9.99. The van der Waals surface area contributed by atoms with Crippen molar-refractivity contribution in [3.63, 3.8) is 0 Å². The minimum atomic E-state index is -0.314. The van der Waals surface area contributed by atoms with E-state index in [-0.39, 0.29) is 11.9 Å². The van der Waals surface area contributed by atoms with Gasteiger partial charge in [-0.1, -0.05) is 40.9 Å². The van der Waals surface area contributed by atoms with Gasteiger partial charge >= 0.3 is 0 Å². The normalized spacial score (nSPS) is 12.4. The van der Waals surface area contributed by atoms with E-state index in [0.29, 0.717) is 33.5 Å². The van der Waals surface area contributed by atoms with Crippen LogP contribution >= 0.6 is 34.8 Å². The molecular formula is C15H13Cl3FN. The third-order valence-electron chi connectivity index (χ3n) is 2.97. The summed E-state index contributed by atoms with van der Waals surface area (Å²) in [5.74, 6) is -0.314. The summed E-state index contributed by atoms with van der Waals surface area (Å²) in [5, 5.41) is 1.54. The zero-order chi connectivity index (χ0) is 14.7. The van der Waals surface area contributed by atoms with Crippen molar-refractivity contribution < 1.29 is 4.39 Å². The fourth-order valence-electron chi connectivity index (χ4n) is 2.02. The average molecular weight is 333 g/mol. The molecule has 0 saturated carbocycles. The van der Waals surface area contributed by atoms with E-state index in [2.05, 4.69) is 0 Å². The number of rotatable bonds is 4. The maximum Gasteiger partial charge on any atom is 0.123 e. The summed E-state index contributed by atoms with van der Waals surface area (Å²) >= 11 is 17.9. The molecule has 106 valence electrons. The summed E-state index contributed by atoms with van der Waals surface area (Å²) in [6.07, 6.45) is 1.11. The first-order chi connectivity index (χ1) is 9.45. The third-order valence-corrected chi connectivity index (χ3v) is 4.08. The SMILES string of the molecule is NC(Cc1ccc(Cl)c(Cl)c1)Cc1cc(F)ccc1Cl. The monoisotopic (exact) mass is 331 g/mol. The Bertz CT molecular complexity index is 616. The molecule has 2 aromatic rings. The summed E-state index contributed by atoms with van der Waals surface area (Å²) in [4.78, 5) is 0. The van der Waals surface area contributed by atoms with Gasteiger partial charge in [0.1, 0.15) is 5.82 Å². The van der Waals surface area contributed by atoms with E-state index in [0.717, 1.165) is 5.56 Å². The molecule has 0 aromatic heterocycles. The largest absolute Gasteiger partial charge is 0.327 e. The molecule has 20 heavy (non-hydrogen) atoms. The summed E-state index contributed by atoms with van der Waals surface area (Å²) in [5.41, 5.74) is 7.78. The van der Waals surface area contributed by atoms with Crippen molar-refractivity contribution >= 4 is 34.8 Å². The molecule has 2 rings (SSSR count). The fourth-order valence-corrected chi connectivity index (χ4v) is 2.54. The smallest absolute Gasteiger partial charge is 0.123 e. The minimum Gasteiger partial charge on any atom is -0.327 e. The highest BCUT2D eigenvalue weighted by Crippen LogP contribution is 2.24. The van der Waals surface area contributed by atoms with Crippen LogP contribution in [0.1, 0.15) is 11.1 Å². The molecule has 0 heterocycles. The lowest BCUT2D eigenvalue weighted by molar-refractivity contribution is 0.618. The van der Waals surface area contributed by atoms with Crippen LogP contribution in [-0.4, -0.2) is 6.04 Å². The Morgan fingerprint density at radius 2 is 1.60 bits per heavy atom. The first kappa shape index (κ1) is 15.6. The van der Waals surface area contributed by atoms with Crippen LogP contribution in [0.5, 0.6) is 0 Å². The number of hydrogen-bond acceptors (Lipinski definition) is 1. The van der Waals surface area contributed by atoms with Crippen LogP contribution in [0.4, 0.5) is 4.39 Å². The van der Waals surface area contributed by atoms with Crippen LogP contribution < -0.4 is 5.73 Å². The van der Waals surface area contributed by atoms with Gasteiger partial charge in [0.2, 0.25) is 0 Å². The van der Waals surface area contributed by atoms with E-state index in [1.54, 1.807) is 12.1 Å². The summed E-state index contributed by atoms with van der Waals surface area (Å²) in [6, 6.07) is 9.51. The molecule has 1 unspecified atom stereocenters. The molecule has 2 aromatic carbocycles. The van der Waals surface area contributed by atoms with E-state index < -0.39 is 0 Å². The lowest BCUT2D eigenvalue weighted by Crippen LogP contribution is -2.25. The van der Waals surface area contributed by atoms with Crippen molar-refractivity contribution in [3.8, 4) is 0 Å². The Balaban J connectivity index is 2.06. The van der Waals surface area contributed by atoms with Crippen LogP contribution in [-0.2, 0) is 12.8 Å². The van der Waals surface area contributed by atoms with Gasteiger partial charge in [-0.15, -0.1) is 0 Å². The number of nitrogens with two attached hydrogens (primary N) is 1. The first-order valence-electron chi connectivity index (χ1n) is 6.09.